The molecule has 0 amide bonds. The standard InChI is InChI=1S/C11H11ClO2/c1-2-8-6-7-4-3-5-9(11(12)13)10(7)14-8/h3-5,8H,2,6H2,1H3/t8-/m1/s1. The van der Waals surface area contributed by atoms with Gasteiger partial charge in [0.05, 0.1) is 5.56 Å². The Labute approximate surface area is 87.8 Å². The Kier molecular flexibility index (Phi) is 2.46. The van der Waals surface area contributed by atoms with Gasteiger partial charge in [-0.1, -0.05) is 19.1 Å². The monoisotopic (exact) mass is 210 g/mol. The first-order chi connectivity index (χ1) is 6.72. The summed E-state index contributed by atoms with van der Waals surface area (Å²) < 4.78 is 5.64. The highest BCUT2D eigenvalue weighted by Crippen LogP contribution is 2.34. The first-order valence-electron chi connectivity index (χ1n) is 4.70. The molecule has 1 aromatic carbocycles. The van der Waals surface area contributed by atoms with Crippen molar-refractivity contribution in [3.63, 3.8) is 0 Å². The van der Waals surface area contributed by atoms with Gasteiger partial charge in [-0.25, -0.2) is 0 Å². The minimum absolute atomic E-state index is 0.196. The van der Waals surface area contributed by atoms with E-state index in [-0.39, 0.29) is 6.10 Å². The van der Waals surface area contributed by atoms with Crippen LogP contribution in [0.4, 0.5) is 0 Å². The number of hydrogen-bond donors (Lipinski definition) is 0. The number of fused-ring (bicyclic) bond motifs is 1. The molecule has 14 heavy (non-hydrogen) atoms. The summed E-state index contributed by atoms with van der Waals surface area (Å²) in [6, 6.07) is 5.52. The van der Waals surface area contributed by atoms with Crippen LogP contribution in [0, 0.1) is 0 Å². The van der Waals surface area contributed by atoms with Crippen LogP contribution in [0.15, 0.2) is 18.2 Å². The number of carbonyl (C=O) groups excluding carboxylic acids is 1. The van der Waals surface area contributed by atoms with Crippen LogP contribution in [0.3, 0.4) is 0 Å². The molecule has 1 aliphatic heterocycles. The fourth-order valence-electron chi connectivity index (χ4n) is 1.72. The Hall–Kier alpha value is -1.02. The molecule has 1 aromatic rings. The van der Waals surface area contributed by atoms with Crippen LogP contribution >= 0.6 is 11.6 Å². The zero-order valence-electron chi connectivity index (χ0n) is 7.92. The molecular formula is C11H11ClO2. The summed E-state index contributed by atoms with van der Waals surface area (Å²) in [5, 5.41) is -0.446. The fraction of sp³-hybridized carbons (Fsp3) is 0.364. The number of para-hydroxylation sites is 1. The van der Waals surface area contributed by atoms with Gasteiger partial charge in [-0.3, -0.25) is 4.79 Å². The van der Waals surface area contributed by atoms with Crippen LogP contribution in [-0.2, 0) is 6.42 Å². The van der Waals surface area contributed by atoms with Crippen molar-refractivity contribution in [2.45, 2.75) is 25.9 Å². The second-order valence-corrected chi connectivity index (χ2v) is 3.76. The molecule has 1 aliphatic rings. The van der Waals surface area contributed by atoms with Gasteiger partial charge in [0.15, 0.2) is 0 Å². The molecule has 0 aliphatic carbocycles. The Morgan fingerprint density at radius 2 is 2.43 bits per heavy atom. The maximum atomic E-state index is 11.1. The molecule has 0 radical (unpaired) electrons. The number of carbonyl (C=O) groups is 1. The molecule has 0 unspecified atom stereocenters. The molecule has 1 heterocycles. The molecule has 0 N–H and O–H groups in total. The van der Waals surface area contributed by atoms with Gasteiger partial charge >= 0.3 is 0 Å². The lowest BCUT2D eigenvalue weighted by Gasteiger charge is -2.07. The third kappa shape index (κ3) is 1.50. The average Bonchev–Trinajstić information content (AvgIpc) is 2.59. The van der Waals surface area contributed by atoms with Gasteiger partial charge in [-0.2, -0.15) is 0 Å². The molecule has 74 valence electrons. The first kappa shape index (κ1) is 9.53. The van der Waals surface area contributed by atoms with Gasteiger partial charge in [0.1, 0.15) is 11.9 Å². The van der Waals surface area contributed by atoms with Crippen molar-refractivity contribution in [3.05, 3.63) is 29.3 Å². The Bertz CT molecular complexity index is 374. The van der Waals surface area contributed by atoms with Crippen LogP contribution in [0.1, 0.15) is 29.3 Å². The lowest BCUT2D eigenvalue weighted by Crippen LogP contribution is -2.10. The van der Waals surface area contributed by atoms with E-state index in [0.717, 1.165) is 18.4 Å². The van der Waals surface area contributed by atoms with Gasteiger partial charge < -0.3 is 4.74 Å². The molecule has 2 nitrogen and oxygen atoms in total. The molecule has 0 saturated carbocycles. The summed E-state index contributed by atoms with van der Waals surface area (Å²) in [5.41, 5.74) is 1.57. The smallest absolute Gasteiger partial charge is 0.256 e. The normalized spacial score (nSPS) is 18.9. The lowest BCUT2D eigenvalue weighted by atomic mass is 10.1. The third-order valence-electron chi connectivity index (χ3n) is 2.50. The van der Waals surface area contributed by atoms with E-state index in [4.69, 9.17) is 16.3 Å². The maximum absolute atomic E-state index is 11.1. The second-order valence-electron chi connectivity index (χ2n) is 3.42. The van der Waals surface area contributed by atoms with Gasteiger partial charge in [0.2, 0.25) is 0 Å². The van der Waals surface area contributed by atoms with Crippen molar-refractivity contribution < 1.29 is 9.53 Å². The molecule has 0 saturated heterocycles. The van der Waals surface area contributed by atoms with Crippen molar-refractivity contribution in [3.8, 4) is 5.75 Å². The highest BCUT2D eigenvalue weighted by atomic mass is 35.5. The van der Waals surface area contributed by atoms with Crippen molar-refractivity contribution in [2.24, 2.45) is 0 Å². The molecule has 3 heteroatoms. The van der Waals surface area contributed by atoms with Gasteiger partial charge in [0.25, 0.3) is 5.24 Å². The SMILES string of the molecule is CC[C@@H]1Cc2cccc(C(=O)Cl)c2O1. The summed E-state index contributed by atoms with van der Waals surface area (Å²) >= 11 is 5.46. The number of hydrogen-bond acceptors (Lipinski definition) is 2. The van der Waals surface area contributed by atoms with E-state index < -0.39 is 5.24 Å². The molecule has 0 fully saturated rings. The highest BCUT2D eigenvalue weighted by Gasteiger charge is 2.25. The number of benzene rings is 1. The zero-order chi connectivity index (χ0) is 10.1. The quantitative estimate of drug-likeness (QED) is 0.702. The Morgan fingerprint density at radius 1 is 1.64 bits per heavy atom. The predicted molar refractivity (Wildman–Crippen MR) is 55.0 cm³/mol. The van der Waals surface area contributed by atoms with Gasteiger partial charge in [-0.15, -0.1) is 0 Å². The zero-order valence-corrected chi connectivity index (χ0v) is 8.67. The molecule has 0 aromatic heterocycles. The molecule has 0 bridgehead atoms. The Balaban J connectivity index is 2.41. The van der Waals surface area contributed by atoms with Crippen LogP contribution < -0.4 is 4.74 Å². The number of rotatable bonds is 2. The van der Waals surface area contributed by atoms with Crippen molar-refractivity contribution in [1.29, 1.82) is 0 Å². The minimum Gasteiger partial charge on any atom is -0.489 e. The summed E-state index contributed by atoms with van der Waals surface area (Å²) in [6.45, 7) is 2.07. The predicted octanol–water partition coefficient (Wildman–Crippen LogP) is 2.78. The van der Waals surface area contributed by atoms with Crippen LogP contribution in [0.5, 0.6) is 5.75 Å². The topological polar surface area (TPSA) is 26.3 Å². The minimum atomic E-state index is -0.446. The maximum Gasteiger partial charge on any atom is 0.256 e. The van der Waals surface area contributed by atoms with Crippen molar-refractivity contribution in [2.75, 3.05) is 0 Å². The van der Waals surface area contributed by atoms with Crippen molar-refractivity contribution in [1.82, 2.24) is 0 Å². The van der Waals surface area contributed by atoms with Crippen LogP contribution in [0.2, 0.25) is 0 Å². The summed E-state index contributed by atoms with van der Waals surface area (Å²) in [7, 11) is 0. The van der Waals surface area contributed by atoms with Crippen LogP contribution in [0.25, 0.3) is 0 Å². The van der Waals surface area contributed by atoms with Gasteiger partial charge in [-0.05, 0) is 29.7 Å². The Morgan fingerprint density at radius 3 is 3.07 bits per heavy atom. The van der Waals surface area contributed by atoms with Crippen molar-refractivity contribution >= 4 is 16.8 Å². The van der Waals surface area contributed by atoms with E-state index in [2.05, 4.69) is 6.92 Å². The summed E-state index contributed by atoms with van der Waals surface area (Å²) in [4.78, 5) is 11.1. The van der Waals surface area contributed by atoms with E-state index in [1.165, 1.54) is 0 Å². The van der Waals surface area contributed by atoms with Crippen LogP contribution in [-0.4, -0.2) is 11.3 Å². The van der Waals surface area contributed by atoms with E-state index in [0.29, 0.717) is 11.3 Å². The number of halogens is 1. The van der Waals surface area contributed by atoms with Gasteiger partial charge in [0, 0.05) is 6.42 Å². The molecule has 1 atom stereocenters. The average molecular weight is 211 g/mol. The van der Waals surface area contributed by atoms with E-state index in [9.17, 15) is 4.79 Å². The summed E-state index contributed by atoms with van der Waals surface area (Å²) in [6.07, 6.45) is 2.02. The number of ether oxygens (including phenoxy) is 1. The molecule has 0 spiro atoms. The second kappa shape index (κ2) is 3.62. The van der Waals surface area contributed by atoms with E-state index in [1.807, 2.05) is 12.1 Å². The summed E-state index contributed by atoms with van der Waals surface area (Å²) in [5.74, 6) is 0.680. The third-order valence-corrected chi connectivity index (χ3v) is 2.70. The molecular weight excluding hydrogens is 200 g/mol. The fourth-order valence-corrected chi connectivity index (χ4v) is 1.87. The largest absolute Gasteiger partial charge is 0.489 e. The van der Waals surface area contributed by atoms with E-state index in [1.54, 1.807) is 6.07 Å². The molecule has 2 rings (SSSR count). The van der Waals surface area contributed by atoms with E-state index >= 15 is 0 Å². The lowest BCUT2D eigenvalue weighted by molar-refractivity contribution is 0.107. The first-order valence-corrected chi connectivity index (χ1v) is 5.08. The highest BCUT2D eigenvalue weighted by molar-refractivity contribution is 6.68.